The summed E-state index contributed by atoms with van der Waals surface area (Å²) in [7, 11) is 1.63. The quantitative estimate of drug-likeness (QED) is 0.687. The number of hydrogen-bond acceptors (Lipinski definition) is 6. The number of hydrogen-bond donors (Lipinski definition) is 0. The maximum atomic E-state index is 12.0. The van der Waals surface area contributed by atoms with Crippen LogP contribution in [0.2, 0.25) is 0 Å². The average Bonchev–Trinajstić information content (AvgIpc) is 3.04. The van der Waals surface area contributed by atoms with Crippen molar-refractivity contribution >= 4 is 17.7 Å². The molecule has 8 heteroatoms. The van der Waals surface area contributed by atoms with E-state index in [1.165, 1.54) is 11.8 Å². The van der Waals surface area contributed by atoms with E-state index in [-0.39, 0.29) is 5.91 Å². The second-order valence-corrected chi connectivity index (χ2v) is 5.80. The van der Waals surface area contributed by atoms with Gasteiger partial charge in [-0.15, -0.1) is 5.10 Å². The summed E-state index contributed by atoms with van der Waals surface area (Å²) in [5.41, 5.74) is 0.855. The number of methoxy groups -OCH3 is 1. The maximum Gasteiger partial charge on any atom is 0.223 e. The molecule has 0 saturated heterocycles. The first-order valence-electron chi connectivity index (χ1n) is 7.53. The Morgan fingerprint density at radius 1 is 1.26 bits per heavy atom. The molecular weight excluding hydrogens is 314 g/mol. The van der Waals surface area contributed by atoms with Gasteiger partial charge < -0.3 is 9.64 Å². The molecule has 1 heterocycles. The van der Waals surface area contributed by atoms with Crippen LogP contribution in [-0.4, -0.2) is 57.0 Å². The minimum Gasteiger partial charge on any atom is -0.497 e. The lowest BCUT2D eigenvalue weighted by Crippen LogP contribution is -2.30. The van der Waals surface area contributed by atoms with Crippen molar-refractivity contribution in [3.63, 3.8) is 0 Å². The first-order chi connectivity index (χ1) is 11.2. The minimum absolute atomic E-state index is 0.158. The van der Waals surface area contributed by atoms with Gasteiger partial charge in [-0.25, -0.2) is 0 Å². The van der Waals surface area contributed by atoms with E-state index in [1.54, 1.807) is 11.8 Å². The van der Waals surface area contributed by atoms with Crippen LogP contribution in [0, 0.1) is 0 Å². The predicted molar refractivity (Wildman–Crippen MR) is 89.0 cm³/mol. The van der Waals surface area contributed by atoms with Gasteiger partial charge in [0.25, 0.3) is 0 Å². The van der Waals surface area contributed by atoms with Gasteiger partial charge in [-0.1, -0.05) is 11.8 Å². The third-order valence-corrected chi connectivity index (χ3v) is 4.34. The lowest BCUT2D eigenvalue weighted by Gasteiger charge is -2.18. The molecule has 7 nitrogen and oxygen atoms in total. The highest BCUT2D eigenvalue weighted by molar-refractivity contribution is 7.99. The van der Waals surface area contributed by atoms with Gasteiger partial charge in [0.2, 0.25) is 11.1 Å². The van der Waals surface area contributed by atoms with Crippen molar-refractivity contribution in [1.82, 2.24) is 25.1 Å². The third kappa shape index (κ3) is 4.44. The number of thioether (sulfide) groups is 1. The Bertz CT molecular complexity index is 625. The van der Waals surface area contributed by atoms with Crippen LogP contribution in [-0.2, 0) is 4.79 Å². The molecule has 0 unspecified atom stereocenters. The van der Waals surface area contributed by atoms with Crippen LogP contribution in [0.3, 0.4) is 0 Å². The Morgan fingerprint density at radius 2 is 1.96 bits per heavy atom. The molecule has 1 aromatic heterocycles. The normalized spacial score (nSPS) is 10.6. The van der Waals surface area contributed by atoms with E-state index in [9.17, 15) is 4.79 Å². The maximum absolute atomic E-state index is 12.0. The minimum atomic E-state index is 0.158. The number of nitrogens with zero attached hydrogens (tertiary/aromatic N) is 5. The number of amides is 1. The van der Waals surface area contributed by atoms with Crippen LogP contribution >= 0.6 is 11.8 Å². The Labute approximate surface area is 140 Å². The standard InChI is InChI=1S/C15H21N5O2S/c1-4-19(5-2)14(21)10-11-23-15-16-17-18-20(15)12-6-8-13(22-3)9-7-12/h6-9H,4-5,10-11H2,1-3H3. The first kappa shape index (κ1) is 17.3. The van der Waals surface area contributed by atoms with Crippen molar-refractivity contribution in [2.24, 2.45) is 0 Å². The molecule has 0 bridgehead atoms. The number of carbonyl (C=O) groups excluding carboxylic acids is 1. The monoisotopic (exact) mass is 335 g/mol. The largest absolute Gasteiger partial charge is 0.497 e. The highest BCUT2D eigenvalue weighted by Crippen LogP contribution is 2.21. The summed E-state index contributed by atoms with van der Waals surface area (Å²) in [5, 5.41) is 12.4. The fraction of sp³-hybridized carbons (Fsp3) is 0.467. The van der Waals surface area contributed by atoms with Crippen LogP contribution < -0.4 is 4.74 Å². The number of ether oxygens (including phenoxy) is 1. The number of tetrazole rings is 1. The van der Waals surface area contributed by atoms with Crippen LogP contribution in [0.25, 0.3) is 5.69 Å². The van der Waals surface area contributed by atoms with Crippen molar-refractivity contribution in [1.29, 1.82) is 0 Å². The van der Waals surface area contributed by atoms with Gasteiger partial charge in [-0.3, -0.25) is 4.79 Å². The molecule has 2 rings (SSSR count). The molecule has 1 amide bonds. The lowest BCUT2D eigenvalue weighted by molar-refractivity contribution is -0.130. The van der Waals surface area contributed by atoms with E-state index < -0.39 is 0 Å². The molecule has 0 saturated carbocycles. The molecule has 2 aromatic rings. The molecular formula is C15H21N5O2S. The average molecular weight is 335 g/mol. The predicted octanol–water partition coefficient (Wildman–Crippen LogP) is 2.02. The topological polar surface area (TPSA) is 73.1 Å². The van der Waals surface area contributed by atoms with Crippen LogP contribution in [0.5, 0.6) is 5.75 Å². The van der Waals surface area contributed by atoms with Crippen molar-refractivity contribution < 1.29 is 9.53 Å². The molecule has 1 aromatic carbocycles. The summed E-state index contributed by atoms with van der Waals surface area (Å²) in [6, 6.07) is 7.49. The number of carbonyl (C=O) groups is 1. The highest BCUT2D eigenvalue weighted by atomic mass is 32.2. The zero-order valence-electron chi connectivity index (χ0n) is 13.6. The van der Waals surface area contributed by atoms with Gasteiger partial charge in [0.05, 0.1) is 12.8 Å². The zero-order chi connectivity index (χ0) is 16.7. The SMILES string of the molecule is CCN(CC)C(=O)CCSc1nnnn1-c1ccc(OC)cc1. The van der Waals surface area contributed by atoms with Gasteiger partial charge in [0.15, 0.2) is 0 Å². The van der Waals surface area contributed by atoms with E-state index in [1.807, 2.05) is 43.0 Å². The molecule has 0 aliphatic rings. The van der Waals surface area contributed by atoms with E-state index >= 15 is 0 Å². The third-order valence-electron chi connectivity index (χ3n) is 3.42. The molecule has 23 heavy (non-hydrogen) atoms. The second-order valence-electron chi connectivity index (χ2n) is 4.74. The van der Waals surface area contributed by atoms with E-state index in [0.717, 1.165) is 24.5 Å². The van der Waals surface area contributed by atoms with Crippen LogP contribution in [0.15, 0.2) is 29.4 Å². The summed E-state index contributed by atoms with van der Waals surface area (Å²) >= 11 is 1.47. The summed E-state index contributed by atoms with van der Waals surface area (Å²) in [5.74, 6) is 1.58. The lowest BCUT2D eigenvalue weighted by atomic mass is 10.3. The molecule has 0 aliphatic carbocycles. The number of benzene rings is 1. The highest BCUT2D eigenvalue weighted by Gasteiger charge is 2.12. The smallest absolute Gasteiger partial charge is 0.223 e. The van der Waals surface area contributed by atoms with Crippen LogP contribution in [0.1, 0.15) is 20.3 Å². The van der Waals surface area contributed by atoms with Gasteiger partial charge in [-0.05, 0) is 48.5 Å². The molecule has 0 spiro atoms. The molecule has 124 valence electrons. The molecule has 0 radical (unpaired) electrons. The van der Waals surface area contributed by atoms with Crippen LogP contribution in [0.4, 0.5) is 0 Å². The summed E-state index contributed by atoms with van der Waals surface area (Å²) in [4.78, 5) is 13.8. The van der Waals surface area contributed by atoms with Gasteiger partial charge in [0.1, 0.15) is 5.75 Å². The fourth-order valence-corrected chi connectivity index (χ4v) is 2.94. The zero-order valence-corrected chi connectivity index (χ0v) is 14.4. The summed E-state index contributed by atoms with van der Waals surface area (Å²) in [6.07, 6.45) is 0.474. The van der Waals surface area contributed by atoms with Gasteiger partial charge >= 0.3 is 0 Å². The van der Waals surface area contributed by atoms with E-state index in [4.69, 9.17) is 4.74 Å². The van der Waals surface area contributed by atoms with Crippen molar-refractivity contribution in [3.05, 3.63) is 24.3 Å². The number of aromatic nitrogens is 4. The molecule has 0 atom stereocenters. The Kier molecular flexibility index (Phi) is 6.40. The molecule has 0 N–H and O–H groups in total. The summed E-state index contributed by atoms with van der Waals surface area (Å²) in [6.45, 7) is 5.45. The van der Waals surface area contributed by atoms with Gasteiger partial charge in [0, 0.05) is 25.3 Å². The Morgan fingerprint density at radius 3 is 2.57 bits per heavy atom. The van der Waals surface area contributed by atoms with Crippen molar-refractivity contribution in [2.75, 3.05) is 26.0 Å². The van der Waals surface area contributed by atoms with Crippen molar-refractivity contribution in [2.45, 2.75) is 25.4 Å². The fourth-order valence-electron chi connectivity index (χ4n) is 2.12. The molecule has 0 fully saturated rings. The Balaban J connectivity index is 1.97. The number of rotatable bonds is 8. The Hall–Kier alpha value is -2.09. The van der Waals surface area contributed by atoms with E-state index in [2.05, 4.69) is 15.5 Å². The van der Waals surface area contributed by atoms with Gasteiger partial charge in [-0.2, -0.15) is 4.68 Å². The molecule has 0 aliphatic heterocycles. The van der Waals surface area contributed by atoms with E-state index in [0.29, 0.717) is 17.3 Å². The van der Waals surface area contributed by atoms with Crippen molar-refractivity contribution in [3.8, 4) is 11.4 Å². The summed E-state index contributed by atoms with van der Waals surface area (Å²) < 4.78 is 6.80. The first-order valence-corrected chi connectivity index (χ1v) is 8.51. The second kappa shape index (κ2) is 8.52.